The van der Waals surface area contributed by atoms with Crippen LogP contribution in [0.3, 0.4) is 0 Å². The molecule has 1 saturated heterocycles. The molecule has 4 heterocycles. The van der Waals surface area contributed by atoms with Crippen molar-refractivity contribution in [1.29, 1.82) is 0 Å². The van der Waals surface area contributed by atoms with Crippen molar-refractivity contribution in [1.82, 2.24) is 24.7 Å². The van der Waals surface area contributed by atoms with E-state index in [0.717, 1.165) is 49.0 Å². The van der Waals surface area contributed by atoms with Crippen molar-refractivity contribution >= 4 is 11.5 Å². The average molecular weight is 338 g/mol. The van der Waals surface area contributed by atoms with E-state index >= 15 is 0 Å². The summed E-state index contributed by atoms with van der Waals surface area (Å²) in [7, 11) is 0. The van der Waals surface area contributed by atoms with Gasteiger partial charge in [-0.05, 0) is 32.0 Å². The zero-order valence-corrected chi connectivity index (χ0v) is 14.2. The SMILES string of the molecule is CCO[C@H]1CCNC[C@@H]1Nc1cncc(-c2cnc3ccccn23)n1. The summed E-state index contributed by atoms with van der Waals surface area (Å²) in [4.78, 5) is 13.5. The van der Waals surface area contributed by atoms with Crippen molar-refractivity contribution in [3.8, 4) is 11.4 Å². The number of nitrogens with zero attached hydrogens (tertiary/aromatic N) is 4. The number of nitrogens with one attached hydrogen (secondary N) is 2. The minimum absolute atomic E-state index is 0.181. The van der Waals surface area contributed by atoms with Gasteiger partial charge in [0.05, 0.1) is 36.4 Å². The highest BCUT2D eigenvalue weighted by Crippen LogP contribution is 2.20. The van der Waals surface area contributed by atoms with E-state index in [4.69, 9.17) is 9.72 Å². The molecule has 130 valence electrons. The van der Waals surface area contributed by atoms with Crippen molar-refractivity contribution in [2.75, 3.05) is 25.0 Å². The topological polar surface area (TPSA) is 76.4 Å². The fourth-order valence-electron chi connectivity index (χ4n) is 3.26. The maximum Gasteiger partial charge on any atom is 0.145 e. The van der Waals surface area contributed by atoms with Crippen LogP contribution in [0.5, 0.6) is 0 Å². The van der Waals surface area contributed by atoms with Crippen molar-refractivity contribution < 1.29 is 4.74 Å². The summed E-state index contributed by atoms with van der Waals surface area (Å²) in [5.74, 6) is 0.752. The minimum Gasteiger partial charge on any atom is -0.376 e. The van der Waals surface area contributed by atoms with E-state index in [0.29, 0.717) is 0 Å². The van der Waals surface area contributed by atoms with Crippen LogP contribution < -0.4 is 10.6 Å². The van der Waals surface area contributed by atoms with E-state index in [-0.39, 0.29) is 12.1 Å². The molecule has 0 saturated carbocycles. The summed E-state index contributed by atoms with van der Waals surface area (Å²) >= 11 is 0. The van der Waals surface area contributed by atoms with E-state index in [1.54, 1.807) is 12.4 Å². The van der Waals surface area contributed by atoms with Crippen molar-refractivity contribution in [2.45, 2.75) is 25.5 Å². The molecule has 2 N–H and O–H groups in total. The molecule has 7 heteroatoms. The van der Waals surface area contributed by atoms with Crippen LogP contribution in [0, 0.1) is 0 Å². The molecular formula is C18H22N6O. The van der Waals surface area contributed by atoms with Gasteiger partial charge in [0.25, 0.3) is 0 Å². The van der Waals surface area contributed by atoms with Gasteiger partial charge in [0.15, 0.2) is 0 Å². The molecule has 3 aromatic heterocycles. The predicted octanol–water partition coefficient (Wildman–Crippen LogP) is 1.97. The van der Waals surface area contributed by atoms with E-state index in [1.165, 1.54) is 0 Å². The number of hydrogen-bond acceptors (Lipinski definition) is 6. The number of piperidine rings is 1. The van der Waals surface area contributed by atoms with Crippen LogP contribution in [-0.4, -0.2) is 51.2 Å². The average Bonchev–Trinajstić information content (AvgIpc) is 3.08. The normalized spacial score (nSPS) is 20.7. The van der Waals surface area contributed by atoms with Crippen molar-refractivity contribution in [2.24, 2.45) is 0 Å². The number of anilines is 1. The number of rotatable bonds is 5. The second-order valence-electron chi connectivity index (χ2n) is 6.10. The van der Waals surface area contributed by atoms with Gasteiger partial charge in [0, 0.05) is 19.3 Å². The van der Waals surface area contributed by atoms with E-state index in [1.807, 2.05) is 41.9 Å². The molecule has 0 amide bonds. The zero-order chi connectivity index (χ0) is 17.1. The monoisotopic (exact) mass is 338 g/mol. The summed E-state index contributed by atoms with van der Waals surface area (Å²) in [6.07, 6.45) is 8.51. The molecule has 7 nitrogen and oxygen atoms in total. The van der Waals surface area contributed by atoms with Gasteiger partial charge in [-0.1, -0.05) is 6.07 Å². The number of fused-ring (bicyclic) bond motifs is 1. The molecule has 3 aromatic rings. The first-order chi connectivity index (χ1) is 12.3. The molecule has 0 aliphatic carbocycles. The van der Waals surface area contributed by atoms with E-state index < -0.39 is 0 Å². The number of hydrogen-bond donors (Lipinski definition) is 2. The molecule has 0 bridgehead atoms. The molecule has 0 aromatic carbocycles. The van der Waals surface area contributed by atoms with Gasteiger partial charge in [-0.25, -0.2) is 9.97 Å². The quantitative estimate of drug-likeness (QED) is 0.741. The molecule has 0 spiro atoms. The summed E-state index contributed by atoms with van der Waals surface area (Å²) in [5.41, 5.74) is 2.61. The Morgan fingerprint density at radius 1 is 1.32 bits per heavy atom. The Morgan fingerprint density at radius 3 is 3.20 bits per heavy atom. The molecular weight excluding hydrogens is 316 g/mol. The second-order valence-corrected chi connectivity index (χ2v) is 6.10. The van der Waals surface area contributed by atoms with Gasteiger partial charge in [-0.3, -0.25) is 9.38 Å². The predicted molar refractivity (Wildman–Crippen MR) is 96.5 cm³/mol. The summed E-state index contributed by atoms with van der Waals surface area (Å²) in [5, 5.41) is 6.88. The number of ether oxygens (including phenoxy) is 1. The van der Waals surface area contributed by atoms with Crippen LogP contribution in [0.1, 0.15) is 13.3 Å². The van der Waals surface area contributed by atoms with Crippen LogP contribution in [-0.2, 0) is 4.74 Å². The Hall–Kier alpha value is -2.51. The largest absolute Gasteiger partial charge is 0.376 e. The molecule has 1 aliphatic heterocycles. The number of imidazole rings is 1. The molecule has 25 heavy (non-hydrogen) atoms. The highest BCUT2D eigenvalue weighted by molar-refractivity contribution is 5.60. The lowest BCUT2D eigenvalue weighted by Gasteiger charge is -2.32. The fraction of sp³-hybridized carbons (Fsp3) is 0.389. The first-order valence-electron chi connectivity index (χ1n) is 8.68. The molecule has 0 radical (unpaired) electrons. The highest BCUT2D eigenvalue weighted by Gasteiger charge is 2.25. The Balaban J connectivity index is 1.59. The second kappa shape index (κ2) is 7.16. The fourth-order valence-corrected chi connectivity index (χ4v) is 3.26. The summed E-state index contributed by atoms with van der Waals surface area (Å²) < 4.78 is 7.88. The van der Waals surface area contributed by atoms with Crippen molar-refractivity contribution in [3.05, 3.63) is 43.0 Å². The smallest absolute Gasteiger partial charge is 0.145 e. The van der Waals surface area contributed by atoms with Crippen LogP contribution in [0.4, 0.5) is 5.82 Å². The Bertz CT molecular complexity index is 846. The molecule has 1 fully saturated rings. The van der Waals surface area contributed by atoms with Gasteiger partial charge in [0.2, 0.25) is 0 Å². The lowest BCUT2D eigenvalue weighted by Crippen LogP contribution is -2.49. The standard InChI is InChI=1S/C18H22N6O/c1-2-25-16-6-7-19-10-14(16)23-17-12-20-9-13(22-17)15-11-21-18-5-3-4-8-24(15)18/h3-5,8-9,11-12,14,16,19H,2,6-7,10H2,1H3,(H,22,23)/t14-,16-/m0/s1. The van der Waals surface area contributed by atoms with Crippen LogP contribution in [0.2, 0.25) is 0 Å². The van der Waals surface area contributed by atoms with Crippen LogP contribution in [0.15, 0.2) is 43.0 Å². The zero-order valence-electron chi connectivity index (χ0n) is 14.2. The van der Waals surface area contributed by atoms with Gasteiger partial charge >= 0.3 is 0 Å². The lowest BCUT2D eigenvalue weighted by molar-refractivity contribution is 0.0330. The van der Waals surface area contributed by atoms with E-state index in [9.17, 15) is 0 Å². The molecule has 4 rings (SSSR count). The third kappa shape index (κ3) is 3.33. The third-order valence-electron chi connectivity index (χ3n) is 4.45. The number of pyridine rings is 1. The lowest BCUT2D eigenvalue weighted by atomic mass is 10.0. The van der Waals surface area contributed by atoms with Crippen LogP contribution >= 0.6 is 0 Å². The van der Waals surface area contributed by atoms with Gasteiger partial charge in [-0.2, -0.15) is 0 Å². The third-order valence-corrected chi connectivity index (χ3v) is 4.45. The number of aromatic nitrogens is 4. The highest BCUT2D eigenvalue weighted by atomic mass is 16.5. The first kappa shape index (κ1) is 16.0. The minimum atomic E-state index is 0.181. The van der Waals surface area contributed by atoms with Crippen molar-refractivity contribution in [3.63, 3.8) is 0 Å². The first-order valence-corrected chi connectivity index (χ1v) is 8.68. The summed E-state index contributed by atoms with van der Waals surface area (Å²) in [6.45, 7) is 4.59. The molecule has 2 atom stereocenters. The maximum absolute atomic E-state index is 5.86. The Labute approximate surface area is 146 Å². The molecule has 1 aliphatic rings. The van der Waals surface area contributed by atoms with Crippen LogP contribution in [0.25, 0.3) is 17.0 Å². The molecule has 0 unspecified atom stereocenters. The summed E-state index contributed by atoms with van der Waals surface area (Å²) in [6, 6.07) is 6.10. The maximum atomic E-state index is 5.86. The Kier molecular flexibility index (Phi) is 4.58. The van der Waals surface area contributed by atoms with Gasteiger partial charge in [-0.15, -0.1) is 0 Å². The Morgan fingerprint density at radius 2 is 2.28 bits per heavy atom. The van der Waals surface area contributed by atoms with Gasteiger partial charge < -0.3 is 15.4 Å². The van der Waals surface area contributed by atoms with E-state index in [2.05, 4.69) is 20.6 Å². The van der Waals surface area contributed by atoms with Gasteiger partial charge in [0.1, 0.15) is 17.2 Å².